The van der Waals surface area contributed by atoms with E-state index in [9.17, 15) is 14.4 Å². The fourth-order valence-corrected chi connectivity index (χ4v) is 3.86. The van der Waals surface area contributed by atoms with E-state index in [-0.39, 0.29) is 28.9 Å². The number of methoxy groups -OCH3 is 1. The standard InChI is InChI=1S/C24H30N2O5/c1-13(2)31-20-8-7-15(9-21(20)30-6)14(3)25-22(28)17-10-16-18(26-23(17)29)11-24(4,5)12-19(16)27/h7-10,13-14H,11-12H2,1-6H3,(H,25,28)(H,26,29). The van der Waals surface area contributed by atoms with Gasteiger partial charge in [0.2, 0.25) is 0 Å². The topological polar surface area (TPSA) is 97.5 Å². The van der Waals surface area contributed by atoms with E-state index >= 15 is 0 Å². The van der Waals surface area contributed by atoms with Gasteiger partial charge in [0.05, 0.1) is 19.3 Å². The molecule has 0 aliphatic heterocycles. The summed E-state index contributed by atoms with van der Waals surface area (Å²) in [6.45, 7) is 9.65. The molecule has 31 heavy (non-hydrogen) atoms. The molecule has 0 saturated carbocycles. The average Bonchev–Trinajstić information content (AvgIpc) is 2.66. The van der Waals surface area contributed by atoms with Crippen LogP contribution in [0.4, 0.5) is 0 Å². The van der Waals surface area contributed by atoms with E-state index in [1.54, 1.807) is 19.2 Å². The summed E-state index contributed by atoms with van der Waals surface area (Å²) in [7, 11) is 1.56. The van der Waals surface area contributed by atoms with Gasteiger partial charge in [0, 0.05) is 17.7 Å². The van der Waals surface area contributed by atoms with E-state index in [1.165, 1.54) is 6.07 Å². The molecule has 1 amide bonds. The lowest BCUT2D eigenvalue weighted by atomic mass is 9.75. The number of pyridine rings is 1. The molecule has 3 rings (SSSR count). The molecule has 1 unspecified atom stereocenters. The molecule has 1 heterocycles. The number of fused-ring (bicyclic) bond motifs is 1. The van der Waals surface area contributed by atoms with E-state index < -0.39 is 11.5 Å². The zero-order chi connectivity index (χ0) is 22.9. The Morgan fingerprint density at radius 3 is 2.45 bits per heavy atom. The van der Waals surface area contributed by atoms with Crippen molar-refractivity contribution >= 4 is 11.7 Å². The Bertz CT molecular complexity index is 1070. The predicted octanol–water partition coefficient (Wildman–Crippen LogP) is 3.82. The number of aromatic amines is 1. The van der Waals surface area contributed by atoms with Gasteiger partial charge < -0.3 is 19.8 Å². The number of H-pyrrole nitrogens is 1. The molecular formula is C24H30N2O5. The Labute approximate surface area is 182 Å². The molecule has 1 aromatic carbocycles. The van der Waals surface area contributed by atoms with E-state index in [4.69, 9.17) is 9.47 Å². The highest BCUT2D eigenvalue weighted by molar-refractivity contribution is 6.02. The molecule has 1 aliphatic rings. The summed E-state index contributed by atoms with van der Waals surface area (Å²) >= 11 is 0. The maximum absolute atomic E-state index is 12.8. The first-order valence-electron chi connectivity index (χ1n) is 10.5. The maximum Gasteiger partial charge on any atom is 0.261 e. The number of ether oxygens (including phenoxy) is 2. The molecule has 7 nitrogen and oxygen atoms in total. The van der Waals surface area contributed by atoms with Crippen LogP contribution in [0.1, 0.15) is 79.1 Å². The molecule has 7 heteroatoms. The lowest BCUT2D eigenvalue weighted by molar-refractivity contribution is 0.0910. The number of carbonyl (C=O) groups is 2. The molecule has 1 aromatic heterocycles. The highest BCUT2D eigenvalue weighted by atomic mass is 16.5. The van der Waals surface area contributed by atoms with Crippen LogP contribution < -0.4 is 20.3 Å². The Morgan fingerprint density at radius 2 is 1.81 bits per heavy atom. The smallest absolute Gasteiger partial charge is 0.261 e. The Balaban J connectivity index is 1.83. The average molecular weight is 427 g/mol. The predicted molar refractivity (Wildman–Crippen MR) is 118 cm³/mol. The van der Waals surface area contributed by atoms with Crippen LogP contribution in [-0.4, -0.2) is 29.9 Å². The summed E-state index contributed by atoms with van der Waals surface area (Å²) in [4.78, 5) is 40.7. The minimum atomic E-state index is -0.532. The van der Waals surface area contributed by atoms with Crippen LogP contribution in [0.15, 0.2) is 29.1 Å². The van der Waals surface area contributed by atoms with Crippen molar-refractivity contribution in [1.29, 1.82) is 0 Å². The summed E-state index contributed by atoms with van der Waals surface area (Å²) in [5, 5.41) is 2.84. The van der Waals surface area contributed by atoms with Gasteiger partial charge in [0.1, 0.15) is 5.56 Å². The van der Waals surface area contributed by atoms with Crippen LogP contribution in [0.3, 0.4) is 0 Å². The van der Waals surface area contributed by atoms with Gasteiger partial charge in [-0.1, -0.05) is 19.9 Å². The summed E-state index contributed by atoms with van der Waals surface area (Å²) in [5.41, 5.74) is 1.05. The van der Waals surface area contributed by atoms with Crippen LogP contribution in [0, 0.1) is 5.41 Å². The number of rotatable bonds is 6. The second kappa shape index (κ2) is 8.57. The summed E-state index contributed by atoms with van der Waals surface area (Å²) < 4.78 is 11.1. The molecule has 1 atom stereocenters. The van der Waals surface area contributed by atoms with Gasteiger partial charge >= 0.3 is 0 Å². The van der Waals surface area contributed by atoms with Crippen molar-refractivity contribution in [2.45, 2.75) is 59.6 Å². The first-order chi connectivity index (χ1) is 14.5. The normalized spacial score (nSPS) is 15.9. The highest BCUT2D eigenvalue weighted by Crippen LogP contribution is 2.34. The van der Waals surface area contributed by atoms with E-state index in [0.29, 0.717) is 35.6 Å². The molecule has 0 saturated heterocycles. The molecule has 2 N–H and O–H groups in total. The van der Waals surface area contributed by atoms with Crippen LogP contribution in [0.2, 0.25) is 0 Å². The first kappa shape index (κ1) is 22.6. The van der Waals surface area contributed by atoms with E-state index in [2.05, 4.69) is 10.3 Å². The Morgan fingerprint density at radius 1 is 1.10 bits per heavy atom. The number of amides is 1. The molecular weight excluding hydrogens is 396 g/mol. The number of carbonyl (C=O) groups excluding carboxylic acids is 2. The van der Waals surface area contributed by atoms with Gasteiger partial charge in [-0.25, -0.2) is 0 Å². The van der Waals surface area contributed by atoms with Crippen molar-refractivity contribution in [3.8, 4) is 11.5 Å². The van der Waals surface area contributed by atoms with Gasteiger partial charge in [-0.2, -0.15) is 0 Å². The van der Waals surface area contributed by atoms with E-state index in [1.807, 2.05) is 40.7 Å². The van der Waals surface area contributed by atoms with Gasteiger partial charge in [-0.05, 0) is 56.4 Å². The zero-order valence-corrected chi connectivity index (χ0v) is 18.9. The zero-order valence-electron chi connectivity index (χ0n) is 18.9. The lowest BCUT2D eigenvalue weighted by Crippen LogP contribution is -2.35. The third-order valence-electron chi connectivity index (χ3n) is 5.36. The number of nitrogens with one attached hydrogen (secondary N) is 2. The lowest BCUT2D eigenvalue weighted by Gasteiger charge is -2.29. The summed E-state index contributed by atoms with van der Waals surface area (Å²) in [5.74, 6) is 0.588. The molecule has 166 valence electrons. The van der Waals surface area contributed by atoms with Gasteiger partial charge in [0.25, 0.3) is 11.5 Å². The third kappa shape index (κ3) is 4.98. The molecule has 2 aromatic rings. The van der Waals surface area contributed by atoms with Crippen molar-refractivity contribution in [2.75, 3.05) is 7.11 Å². The molecule has 0 spiro atoms. The summed E-state index contributed by atoms with van der Waals surface area (Å²) in [6.07, 6.45) is 0.973. The second-order valence-corrected chi connectivity index (χ2v) is 9.12. The van der Waals surface area contributed by atoms with Crippen LogP contribution >= 0.6 is 0 Å². The molecule has 0 fully saturated rings. The third-order valence-corrected chi connectivity index (χ3v) is 5.36. The van der Waals surface area contributed by atoms with Gasteiger partial charge in [-0.3, -0.25) is 14.4 Å². The number of aromatic nitrogens is 1. The van der Waals surface area contributed by atoms with Crippen molar-refractivity contribution in [3.05, 3.63) is 57.0 Å². The van der Waals surface area contributed by atoms with Crippen LogP contribution in [0.5, 0.6) is 11.5 Å². The number of benzene rings is 1. The number of ketones is 1. The van der Waals surface area contributed by atoms with Crippen molar-refractivity contribution in [3.63, 3.8) is 0 Å². The molecule has 0 bridgehead atoms. The fourth-order valence-electron chi connectivity index (χ4n) is 3.86. The van der Waals surface area contributed by atoms with Gasteiger partial charge in [0.15, 0.2) is 17.3 Å². The summed E-state index contributed by atoms with van der Waals surface area (Å²) in [6, 6.07) is 6.47. The van der Waals surface area contributed by atoms with Gasteiger partial charge in [-0.15, -0.1) is 0 Å². The molecule has 1 aliphatic carbocycles. The fraction of sp³-hybridized carbons (Fsp3) is 0.458. The Kier molecular flexibility index (Phi) is 6.25. The quantitative estimate of drug-likeness (QED) is 0.732. The highest BCUT2D eigenvalue weighted by Gasteiger charge is 2.32. The van der Waals surface area contributed by atoms with Crippen molar-refractivity contribution < 1.29 is 19.1 Å². The largest absolute Gasteiger partial charge is 0.493 e. The number of Topliss-reactive ketones (excluding diaryl/α,β-unsaturated/α-hetero) is 1. The van der Waals surface area contributed by atoms with Crippen molar-refractivity contribution in [2.24, 2.45) is 5.41 Å². The van der Waals surface area contributed by atoms with Crippen molar-refractivity contribution in [1.82, 2.24) is 10.3 Å². The molecule has 0 radical (unpaired) electrons. The second-order valence-electron chi connectivity index (χ2n) is 9.12. The number of hydrogen-bond acceptors (Lipinski definition) is 5. The monoisotopic (exact) mass is 426 g/mol. The maximum atomic E-state index is 12.8. The SMILES string of the molecule is COc1cc(C(C)NC(=O)c2cc3c([nH]c2=O)CC(C)(C)CC3=O)ccc1OC(C)C. The number of hydrogen-bond donors (Lipinski definition) is 2. The van der Waals surface area contributed by atoms with Crippen LogP contribution in [-0.2, 0) is 6.42 Å². The van der Waals surface area contributed by atoms with Crippen LogP contribution in [0.25, 0.3) is 0 Å². The Hall–Kier alpha value is -3.09. The minimum absolute atomic E-state index is 0.000829. The first-order valence-corrected chi connectivity index (χ1v) is 10.5. The van der Waals surface area contributed by atoms with E-state index in [0.717, 1.165) is 5.56 Å². The minimum Gasteiger partial charge on any atom is -0.493 e.